The lowest BCUT2D eigenvalue weighted by atomic mass is 10.1. The van der Waals surface area contributed by atoms with Gasteiger partial charge in [-0.1, -0.05) is 51.8 Å². The number of para-hydroxylation sites is 1. The molecule has 2 aromatic carbocycles. The molecule has 1 heterocycles. The zero-order valence-electron chi connectivity index (χ0n) is 20.5. The van der Waals surface area contributed by atoms with E-state index >= 15 is 4.39 Å². The molecule has 1 amide bonds. The van der Waals surface area contributed by atoms with E-state index in [1.165, 1.54) is 10.6 Å². The number of rotatable bonds is 10. The Labute approximate surface area is 199 Å². The highest BCUT2D eigenvalue weighted by molar-refractivity contribution is 6.06. The molecule has 0 aliphatic rings. The van der Waals surface area contributed by atoms with Gasteiger partial charge in [-0.15, -0.1) is 5.10 Å². The van der Waals surface area contributed by atoms with Gasteiger partial charge < -0.3 is 10.1 Å². The van der Waals surface area contributed by atoms with Crippen LogP contribution in [0.5, 0.6) is 5.75 Å². The van der Waals surface area contributed by atoms with Gasteiger partial charge in [-0.05, 0) is 37.5 Å². The molecule has 3 rings (SSSR count). The highest BCUT2D eigenvalue weighted by Gasteiger charge is 2.22. The molecule has 1 unspecified atom stereocenters. The molecule has 34 heavy (non-hydrogen) atoms. The number of hydrogen-bond acceptors (Lipinski definition) is 4. The van der Waals surface area contributed by atoms with Crippen LogP contribution < -0.4 is 15.7 Å². The fourth-order valence-electron chi connectivity index (χ4n) is 3.92. The number of aryl methyl sites for hydroxylation is 2. The summed E-state index contributed by atoms with van der Waals surface area (Å²) >= 11 is 0. The number of amides is 1. The van der Waals surface area contributed by atoms with Crippen molar-refractivity contribution in [2.75, 3.05) is 5.32 Å². The van der Waals surface area contributed by atoms with Gasteiger partial charge in [0.25, 0.3) is 5.91 Å². The van der Waals surface area contributed by atoms with Gasteiger partial charge in [0.15, 0.2) is 0 Å². The van der Waals surface area contributed by atoms with Crippen molar-refractivity contribution in [2.45, 2.75) is 65.9 Å². The summed E-state index contributed by atoms with van der Waals surface area (Å²) in [6.45, 7) is 7.87. The summed E-state index contributed by atoms with van der Waals surface area (Å²) in [4.78, 5) is 25.9. The van der Waals surface area contributed by atoms with Gasteiger partial charge in [0.2, 0.25) is 0 Å². The maximum Gasteiger partial charge on any atom is 0.350 e. The van der Waals surface area contributed by atoms with E-state index in [0.717, 1.165) is 42.0 Å². The summed E-state index contributed by atoms with van der Waals surface area (Å²) in [5.74, 6) is -0.473. The lowest BCUT2D eigenvalue weighted by Gasteiger charge is -2.19. The Morgan fingerprint density at radius 3 is 2.56 bits per heavy atom. The third-order valence-electron chi connectivity index (χ3n) is 5.72. The van der Waals surface area contributed by atoms with Crippen LogP contribution >= 0.6 is 0 Å². The summed E-state index contributed by atoms with van der Waals surface area (Å²) < 4.78 is 23.7. The lowest BCUT2D eigenvalue weighted by Crippen LogP contribution is -2.24. The Hall–Kier alpha value is -3.42. The van der Waals surface area contributed by atoms with Crippen molar-refractivity contribution < 1.29 is 13.9 Å². The Bertz CT molecular complexity index is 1220. The average molecular weight is 469 g/mol. The molecule has 0 radical (unpaired) electrons. The summed E-state index contributed by atoms with van der Waals surface area (Å²) in [5, 5.41) is 7.16. The van der Waals surface area contributed by atoms with Crippen LogP contribution in [0.25, 0.3) is 5.69 Å². The van der Waals surface area contributed by atoms with Crippen molar-refractivity contribution in [1.82, 2.24) is 14.3 Å². The summed E-state index contributed by atoms with van der Waals surface area (Å²) in [6, 6.07) is 10.1. The molecule has 1 N–H and O–H groups in total. The first-order valence-corrected chi connectivity index (χ1v) is 11.8. The van der Waals surface area contributed by atoms with Crippen LogP contribution in [0.4, 0.5) is 10.1 Å². The largest absolute Gasteiger partial charge is 0.490 e. The number of nitrogens with one attached hydrogen (secondary N) is 1. The SMILES string of the molecule is CCCc1ccccc1NC(=O)c1cc(F)c(-n2nc(CC)n(C)c2=O)cc1OC(C)CCC. The minimum absolute atomic E-state index is 0.0538. The second-order valence-electron chi connectivity index (χ2n) is 8.40. The summed E-state index contributed by atoms with van der Waals surface area (Å²) in [7, 11) is 1.60. The first-order chi connectivity index (χ1) is 16.3. The molecule has 182 valence electrons. The highest BCUT2D eigenvalue weighted by atomic mass is 19.1. The smallest absolute Gasteiger partial charge is 0.350 e. The van der Waals surface area contributed by atoms with E-state index in [2.05, 4.69) is 17.3 Å². The number of anilines is 1. The predicted octanol–water partition coefficient (Wildman–Crippen LogP) is 5.04. The molecule has 0 saturated heterocycles. The molecule has 0 aliphatic heterocycles. The normalized spacial score (nSPS) is 11.9. The number of ether oxygens (including phenoxy) is 1. The topological polar surface area (TPSA) is 78.2 Å². The molecule has 0 fully saturated rings. The van der Waals surface area contributed by atoms with Crippen LogP contribution in [0.2, 0.25) is 0 Å². The van der Waals surface area contributed by atoms with Crippen molar-refractivity contribution in [3.05, 3.63) is 69.7 Å². The Balaban J connectivity index is 2.07. The molecule has 8 heteroatoms. The monoisotopic (exact) mass is 468 g/mol. The van der Waals surface area contributed by atoms with Crippen LogP contribution in [0.3, 0.4) is 0 Å². The van der Waals surface area contributed by atoms with Gasteiger partial charge in [-0.3, -0.25) is 9.36 Å². The number of carbonyl (C=O) groups excluding carboxylic acids is 1. The van der Waals surface area contributed by atoms with Crippen LogP contribution in [-0.4, -0.2) is 26.4 Å². The zero-order chi connectivity index (χ0) is 24.8. The molecule has 1 atom stereocenters. The maximum absolute atomic E-state index is 15.3. The second kappa shape index (κ2) is 11.1. The fourth-order valence-corrected chi connectivity index (χ4v) is 3.92. The van der Waals surface area contributed by atoms with E-state index in [-0.39, 0.29) is 23.1 Å². The molecule has 0 spiro atoms. The minimum Gasteiger partial charge on any atom is -0.490 e. The van der Waals surface area contributed by atoms with E-state index in [9.17, 15) is 9.59 Å². The Morgan fingerprint density at radius 1 is 1.18 bits per heavy atom. The fraction of sp³-hybridized carbons (Fsp3) is 0.423. The van der Waals surface area contributed by atoms with E-state index in [1.54, 1.807) is 7.05 Å². The molecular formula is C26H33FN4O3. The van der Waals surface area contributed by atoms with Gasteiger partial charge in [0, 0.05) is 25.2 Å². The van der Waals surface area contributed by atoms with Crippen LogP contribution in [0, 0.1) is 5.82 Å². The minimum atomic E-state index is -0.731. The standard InChI is InChI=1S/C26H33FN4O3/c1-6-11-17(4)34-23-16-22(31-26(33)30(5)24(8-3)29-31)20(27)15-19(23)25(32)28-21-14-10-9-13-18(21)12-7-2/h9-10,13-17H,6-8,11-12H2,1-5H3,(H,28,32). The third-order valence-corrected chi connectivity index (χ3v) is 5.72. The van der Waals surface area contributed by atoms with Gasteiger partial charge in [0.05, 0.1) is 11.7 Å². The average Bonchev–Trinajstić information content (AvgIpc) is 3.10. The molecular weight excluding hydrogens is 435 g/mol. The van der Waals surface area contributed by atoms with E-state index < -0.39 is 17.4 Å². The number of hydrogen-bond donors (Lipinski definition) is 1. The lowest BCUT2D eigenvalue weighted by molar-refractivity contribution is 0.101. The number of halogens is 1. The molecule has 7 nitrogen and oxygen atoms in total. The number of benzene rings is 2. The Kier molecular flexibility index (Phi) is 8.26. The van der Waals surface area contributed by atoms with Gasteiger partial charge in [-0.2, -0.15) is 4.68 Å². The third kappa shape index (κ3) is 5.38. The van der Waals surface area contributed by atoms with E-state index in [0.29, 0.717) is 17.9 Å². The summed E-state index contributed by atoms with van der Waals surface area (Å²) in [6.07, 6.45) is 3.71. The first kappa shape index (κ1) is 25.2. The zero-order valence-corrected chi connectivity index (χ0v) is 20.5. The van der Waals surface area contributed by atoms with E-state index in [1.807, 2.05) is 45.0 Å². The quantitative estimate of drug-likeness (QED) is 0.452. The van der Waals surface area contributed by atoms with Crippen LogP contribution in [-0.2, 0) is 19.9 Å². The van der Waals surface area contributed by atoms with Crippen LogP contribution in [0.15, 0.2) is 41.2 Å². The van der Waals surface area contributed by atoms with Gasteiger partial charge in [-0.25, -0.2) is 9.18 Å². The summed E-state index contributed by atoms with van der Waals surface area (Å²) in [5.41, 5.74) is 1.23. The van der Waals surface area contributed by atoms with E-state index in [4.69, 9.17) is 4.74 Å². The molecule has 3 aromatic rings. The van der Waals surface area contributed by atoms with Crippen molar-refractivity contribution in [1.29, 1.82) is 0 Å². The van der Waals surface area contributed by atoms with Crippen molar-refractivity contribution in [3.8, 4) is 11.4 Å². The van der Waals surface area contributed by atoms with Crippen molar-refractivity contribution in [2.24, 2.45) is 7.05 Å². The molecule has 0 bridgehead atoms. The highest BCUT2D eigenvalue weighted by Crippen LogP contribution is 2.28. The van der Waals surface area contributed by atoms with Crippen molar-refractivity contribution >= 4 is 11.6 Å². The molecule has 0 aliphatic carbocycles. The molecule has 1 aromatic heterocycles. The number of aromatic nitrogens is 3. The van der Waals surface area contributed by atoms with Crippen LogP contribution in [0.1, 0.15) is 68.7 Å². The second-order valence-corrected chi connectivity index (χ2v) is 8.40. The van der Waals surface area contributed by atoms with Gasteiger partial charge >= 0.3 is 5.69 Å². The molecule has 0 saturated carbocycles. The first-order valence-electron chi connectivity index (χ1n) is 11.8. The van der Waals surface area contributed by atoms with Gasteiger partial charge in [0.1, 0.15) is 23.1 Å². The predicted molar refractivity (Wildman–Crippen MR) is 132 cm³/mol. The number of nitrogens with zero attached hydrogens (tertiary/aromatic N) is 3. The Morgan fingerprint density at radius 2 is 1.91 bits per heavy atom. The number of carbonyl (C=O) groups is 1. The maximum atomic E-state index is 15.3. The van der Waals surface area contributed by atoms with Crippen molar-refractivity contribution in [3.63, 3.8) is 0 Å².